The van der Waals surface area contributed by atoms with Crippen LogP contribution in [-0.4, -0.2) is 23.4 Å². The zero-order valence-corrected chi connectivity index (χ0v) is 7.62. The van der Waals surface area contributed by atoms with Crippen LogP contribution in [0.1, 0.15) is 25.1 Å². The van der Waals surface area contributed by atoms with Crippen molar-refractivity contribution in [3.05, 3.63) is 11.8 Å². The van der Waals surface area contributed by atoms with Gasteiger partial charge in [0.05, 0.1) is 18.6 Å². The van der Waals surface area contributed by atoms with E-state index in [4.69, 9.17) is 14.9 Å². The van der Waals surface area contributed by atoms with Gasteiger partial charge in [-0.2, -0.15) is 0 Å². The average Bonchev–Trinajstić information content (AvgIpc) is 2.72. The van der Waals surface area contributed by atoms with Crippen LogP contribution in [0.4, 0.5) is 0 Å². The van der Waals surface area contributed by atoms with Crippen molar-refractivity contribution in [3.63, 3.8) is 0 Å². The first-order chi connectivity index (χ1) is 6.24. The number of nitrogens with zero attached hydrogens (tertiary/aromatic N) is 2. The molecule has 0 amide bonds. The Morgan fingerprint density at radius 3 is 2.92 bits per heavy atom. The fraction of sp³-hybridized carbons (Fsp3) is 0.750. The fourth-order valence-electron chi connectivity index (χ4n) is 1.42. The van der Waals surface area contributed by atoms with Crippen LogP contribution in [-0.2, 0) is 16.7 Å². The Labute approximate surface area is 76.3 Å². The summed E-state index contributed by atoms with van der Waals surface area (Å²) in [4.78, 5) is 0. The summed E-state index contributed by atoms with van der Waals surface area (Å²) in [6, 6.07) is 0. The first kappa shape index (κ1) is 8.65. The number of nitrogens with two attached hydrogens (primary N) is 1. The lowest BCUT2D eigenvalue weighted by Gasteiger charge is -2.15. The van der Waals surface area contributed by atoms with Gasteiger partial charge < -0.3 is 14.9 Å². The normalized spacial score (nSPS) is 28.2. The van der Waals surface area contributed by atoms with Crippen LogP contribution in [0.5, 0.6) is 0 Å². The van der Waals surface area contributed by atoms with E-state index in [-0.39, 0.29) is 5.41 Å². The van der Waals surface area contributed by atoms with Gasteiger partial charge >= 0.3 is 0 Å². The lowest BCUT2D eigenvalue weighted by Crippen LogP contribution is -2.22. The zero-order valence-electron chi connectivity index (χ0n) is 7.62. The summed E-state index contributed by atoms with van der Waals surface area (Å²) in [5.74, 6) is 1.13. The number of hydrogen-bond donors (Lipinski definition) is 1. The van der Waals surface area contributed by atoms with Gasteiger partial charge in [-0.05, 0) is 13.3 Å². The smallest absolute Gasteiger partial charge is 0.230 e. The predicted octanol–water partition coefficient (Wildman–Crippen LogP) is 0.206. The van der Waals surface area contributed by atoms with Gasteiger partial charge in [0.25, 0.3) is 0 Å². The first-order valence-electron chi connectivity index (χ1n) is 4.35. The second-order valence-corrected chi connectivity index (χ2v) is 3.57. The molecule has 0 saturated carbocycles. The molecule has 2 rings (SSSR count). The molecule has 2 N–H and O–H groups in total. The van der Waals surface area contributed by atoms with Crippen LogP contribution in [0.3, 0.4) is 0 Å². The maximum absolute atomic E-state index is 5.39. The molecule has 1 fully saturated rings. The average molecular weight is 183 g/mol. The van der Waals surface area contributed by atoms with Gasteiger partial charge in [0.1, 0.15) is 0 Å². The summed E-state index contributed by atoms with van der Waals surface area (Å²) in [6.45, 7) is 3.77. The Bertz CT molecular complexity index is 291. The van der Waals surface area contributed by atoms with E-state index in [9.17, 15) is 0 Å². The van der Waals surface area contributed by atoms with Crippen molar-refractivity contribution in [1.29, 1.82) is 0 Å². The van der Waals surface area contributed by atoms with Gasteiger partial charge in [-0.15, -0.1) is 10.2 Å². The van der Waals surface area contributed by atoms with Gasteiger partial charge in [0, 0.05) is 6.61 Å². The van der Waals surface area contributed by atoms with Crippen LogP contribution < -0.4 is 5.73 Å². The quantitative estimate of drug-likeness (QED) is 0.709. The van der Waals surface area contributed by atoms with Crippen LogP contribution in [0.25, 0.3) is 0 Å². The molecule has 1 aromatic rings. The minimum atomic E-state index is -0.111. The molecule has 0 spiro atoms. The summed E-state index contributed by atoms with van der Waals surface area (Å²) in [7, 11) is 0. The van der Waals surface area contributed by atoms with Gasteiger partial charge in [0.15, 0.2) is 0 Å². The Morgan fingerprint density at radius 2 is 2.38 bits per heavy atom. The standard InChI is InChI=1S/C8H13N3O2/c1-8(2-3-12-5-8)7-11-10-6(4-9)13-7/h2-5,9H2,1H3. The van der Waals surface area contributed by atoms with E-state index in [0.717, 1.165) is 13.0 Å². The highest BCUT2D eigenvalue weighted by molar-refractivity contribution is 5.04. The molecule has 1 aliphatic rings. The fourth-order valence-corrected chi connectivity index (χ4v) is 1.42. The molecule has 1 aliphatic heterocycles. The van der Waals surface area contributed by atoms with E-state index in [2.05, 4.69) is 17.1 Å². The van der Waals surface area contributed by atoms with Crippen LogP contribution >= 0.6 is 0 Å². The molecule has 1 unspecified atom stereocenters. The van der Waals surface area contributed by atoms with Crippen molar-refractivity contribution >= 4 is 0 Å². The Hall–Kier alpha value is -0.940. The van der Waals surface area contributed by atoms with Crippen molar-refractivity contribution < 1.29 is 9.15 Å². The Balaban J connectivity index is 2.23. The highest BCUT2D eigenvalue weighted by Crippen LogP contribution is 2.31. The molecule has 72 valence electrons. The second-order valence-electron chi connectivity index (χ2n) is 3.57. The predicted molar refractivity (Wildman–Crippen MR) is 45.0 cm³/mol. The number of hydrogen-bond acceptors (Lipinski definition) is 5. The lowest BCUT2D eigenvalue weighted by atomic mass is 9.90. The number of aromatic nitrogens is 2. The van der Waals surface area contributed by atoms with E-state index in [1.807, 2.05) is 0 Å². The van der Waals surface area contributed by atoms with Crippen molar-refractivity contribution in [3.8, 4) is 0 Å². The van der Waals surface area contributed by atoms with Gasteiger partial charge in [-0.3, -0.25) is 0 Å². The number of ether oxygens (including phenoxy) is 1. The molecule has 2 heterocycles. The molecular formula is C8H13N3O2. The van der Waals surface area contributed by atoms with E-state index < -0.39 is 0 Å². The van der Waals surface area contributed by atoms with Crippen molar-refractivity contribution in [1.82, 2.24) is 10.2 Å². The molecule has 0 bridgehead atoms. The van der Waals surface area contributed by atoms with E-state index in [1.54, 1.807) is 0 Å². The topological polar surface area (TPSA) is 74.2 Å². The summed E-state index contributed by atoms with van der Waals surface area (Å²) in [6.07, 6.45) is 0.930. The van der Waals surface area contributed by atoms with Crippen LogP contribution in [0, 0.1) is 0 Å². The molecule has 0 radical (unpaired) electrons. The molecule has 0 aliphatic carbocycles. The SMILES string of the molecule is CC1(c2nnc(CN)o2)CCOC1. The summed E-state index contributed by atoms with van der Waals surface area (Å²) in [5.41, 5.74) is 5.27. The largest absolute Gasteiger partial charge is 0.423 e. The molecular weight excluding hydrogens is 170 g/mol. The summed E-state index contributed by atoms with van der Waals surface area (Å²) >= 11 is 0. The second kappa shape index (κ2) is 3.08. The first-order valence-corrected chi connectivity index (χ1v) is 4.35. The molecule has 5 heteroatoms. The van der Waals surface area contributed by atoms with Crippen molar-refractivity contribution in [2.45, 2.75) is 25.3 Å². The molecule has 13 heavy (non-hydrogen) atoms. The van der Waals surface area contributed by atoms with Crippen molar-refractivity contribution in [2.75, 3.05) is 13.2 Å². The van der Waals surface area contributed by atoms with Gasteiger partial charge in [0.2, 0.25) is 11.8 Å². The Morgan fingerprint density at radius 1 is 1.54 bits per heavy atom. The lowest BCUT2D eigenvalue weighted by molar-refractivity contribution is 0.172. The number of rotatable bonds is 2. The van der Waals surface area contributed by atoms with Crippen LogP contribution in [0.15, 0.2) is 4.42 Å². The summed E-state index contributed by atoms with van der Waals surface area (Å²) < 4.78 is 10.7. The highest BCUT2D eigenvalue weighted by Gasteiger charge is 2.36. The summed E-state index contributed by atoms with van der Waals surface area (Å²) in [5, 5.41) is 7.79. The maximum Gasteiger partial charge on any atom is 0.230 e. The zero-order chi connectivity index (χ0) is 9.31. The van der Waals surface area contributed by atoms with Gasteiger partial charge in [-0.1, -0.05) is 0 Å². The maximum atomic E-state index is 5.39. The van der Waals surface area contributed by atoms with Gasteiger partial charge in [-0.25, -0.2) is 0 Å². The highest BCUT2D eigenvalue weighted by atomic mass is 16.5. The molecule has 5 nitrogen and oxygen atoms in total. The minimum absolute atomic E-state index is 0.111. The van der Waals surface area contributed by atoms with Crippen molar-refractivity contribution in [2.24, 2.45) is 5.73 Å². The molecule has 1 aromatic heterocycles. The third kappa shape index (κ3) is 1.45. The Kier molecular flexibility index (Phi) is 2.05. The third-order valence-electron chi connectivity index (χ3n) is 2.38. The minimum Gasteiger partial charge on any atom is -0.423 e. The molecule has 0 aromatic carbocycles. The van der Waals surface area contributed by atoms with E-state index in [1.165, 1.54) is 0 Å². The van der Waals surface area contributed by atoms with Crippen LogP contribution in [0.2, 0.25) is 0 Å². The van der Waals surface area contributed by atoms with E-state index in [0.29, 0.717) is 24.9 Å². The third-order valence-corrected chi connectivity index (χ3v) is 2.38. The van der Waals surface area contributed by atoms with E-state index >= 15 is 0 Å². The molecule has 1 saturated heterocycles. The monoisotopic (exact) mass is 183 g/mol. The molecule has 1 atom stereocenters.